The van der Waals surface area contributed by atoms with Crippen LogP contribution < -0.4 is 5.73 Å². The molecule has 0 saturated carbocycles. The Labute approximate surface area is 63.8 Å². The molecule has 2 N–H and O–H groups in total. The third kappa shape index (κ3) is 2.25. The number of anilines is 1. The molecule has 0 aliphatic rings. The molecule has 0 saturated heterocycles. The minimum Gasteiger partial charge on any atom is -0.399 e. The van der Waals surface area contributed by atoms with Gasteiger partial charge in [0.25, 0.3) is 0 Å². The SMILES string of the molecule is Nc1cccc(C[N+](=O)[O-])c1. The van der Waals surface area contributed by atoms with E-state index >= 15 is 0 Å². The zero-order chi connectivity index (χ0) is 8.27. The summed E-state index contributed by atoms with van der Waals surface area (Å²) in [6, 6.07) is 6.68. The normalized spacial score (nSPS) is 9.45. The first kappa shape index (κ1) is 7.53. The van der Waals surface area contributed by atoms with Crippen LogP contribution in [0.1, 0.15) is 5.56 Å². The average Bonchev–Trinajstić information content (AvgIpc) is 1.85. The van der Waals surface area contributed by atoms with Gasteiger partial charge in [-0.3, -0.25) is 10.1 Å². The number of nitrogens with two attached hydrogens (primary N) is 1. The van der Waals surface area contributed by atoms with Crippen molar-refractivity contribution in [3.8, 4) is 0 Å². The summed E-state index contributed by atoms with van der Waals surface area (Å²) in [7, 11) is 0. The highest BCUT2D eigenvalue weighted by Gasteiger charge is 1.99. The second-order valence-corrected chi connectivity index (χ2v) is 2.24. The maximum absolute atomic E-state index is 10.0. The van der Waals surface area contributed by atoms with E-state index in [0.717, 1.165) is 0 Å². The molecule has 0 atom stereocenters. The molecule has 0 amide bonds. The van der Waals surface area contributed by atoms with E-state index in [1.54, 1.807) is 24.3 Å². The molecule has 1 aromatic carbocycles. The Kier molecular flexibility index (Phi) is 2.06. The molecule has 0 aliphatic heterocycles. The molecular weight excluding hydrogens is 144 g/mol. The summed E-state index contributed by atoms with van der Waals surface area (Å²) >= 11 is 0. The van der Waals surface area contributed by atoms with E-state index in [4.69, 9.17) is 5.73 Å². The van der Waals surface area contributed by atoms with Crippen LogP contribution in [0.3, 0.4) is 0 Å². The molecule has 0 heterocycles. The van der Waals surface area contributed by atoms with Crippen molar-refractivity contribution >= 4 is 5.69 Å². The van der Waals surface area contributed by atoms with Crippen molar-refractivity contribution in [2.24, 2.45) is 0 Å². The Bertz CT molecular complexity index is 273. The van der Waals surface area contributed by atoms with E-state index in [-0.39, 0.29) is 11.5 Å². The van der Waals surface area contributed by atoms with Crippen LogP contribution >= 0.6 is 0 Å². The maximum atomic E-state index is 10.0. The van der Waals surface area contributed by atoms with Crippen LogP contribution in [0.2, 0.25) is 0 Å². The molecule has 1 rings (SSSR count). The van der Waals surface area contributed by atoms with E-state index in [1.807, 2.05) is 0 Å². The predicted octanol–water partition coefficient (Wildman–Crippen LogP) is 1.05. The van der Waals surface area contributed by atoms with E-state index in [9.17, 15) is 10.1 Å². The van der Waals surface area contributed by atoms with Gasteiger partial charge < -0.3 is 5.73 Å². The van der Waals surface area contributed by atoms with Gasteiger partial charge in [-0.05, 0) is 12.1 Å². The highest BCUT2D eigenvalue weighted by molar-refractivity contribution is 5.40. The van der Waals surface area contributed by atoms with Gasteiger partial charge in [-0.1, -0.05) is 12.1 Å². The van der Waals surface area contributed by atoms with Gasteiger partial charge >= 0.3 is 0 Å². The number of hydrogen-bond donors (Lipinski definition) is 1. The van der Waals surface area contributed by atoms with E-state index in [2.05, 4.69) is 0 Å². The lowest BCUT2D eigenvalue weighted by atomic mass is 10.2. The molecule has 0 aliphatic carbocycles. The molecule has 4 heteroatoms. The largest absolute Gasteiger partial charge is 0.399 e. The number of benzene rings is 1. The van der Waals surface area contributed by atoms with E-state index in [1.165, 1.54) is 0 Å². The summed E-state index contributed by atoms with van der Waals surface area (Å²) in [6.07, 6.45) is 0. The summed E-state index contributed by atoms with van der Waals surface area (Å²) < 4.78 is 0. The first-order valence-corrected chi connectivity index (χ1v) is 3.14. The van der Waals surface area contributed by atoms with Gasteiger partial charge in [0.2, 0.25) is 6.54 Å². The molecule has 0 spiro atoms. The Morgan fingerprint density at radius 3 is 2.82 bits per heavy atom. The summed E-state index contributed by atoms with van der Waals surface area (Å²) in [5.74, 6) is 0. The maximum Gasteiger partial charge on any atom is 0.229 e. The van der Waals surface area contributed by atoms with Gasteiger partial charge in [-0.25, -0.2) is 0 Å². The molecule has 0 unspecified atom stereocenters. The third-order valence-corrected chi connectivity index (χ3v) is 1.26. The van der Waals surface area contributed by atoms with Gasteiger partial charge in [0.1, 0.15) is 0 Å². The quantitative estimate of drug-likeness (QED) is 0.391. The van der Waals surface area contributed by atoms with Crippen LogP contribution in [0.4, 0.5) is 5.69 Å². The van der Waals surface area contributed by atoms with Gasteiger partial charge in [-0.2, -0.15) is 0 Å². The van der Waals surface area contributed by atoms with E-state index in [0.29, 0.717) is 11.3 Å². The van der Waals surface area contributed by atoms with Gasteiger partial charge in [0.05, 0.1) is 0 Å². The number of rotatable bonds is 2. The van der Waals surface area contributed by atoms with Crippen LogP contribution in [0.15, 0.2) is 24.3 Å². The first-order valence-electron chi connectivity index (χ1n) is 3.14. The lowest BCUT2D eigenvalue weighted by Crippen LogP contribution is -1.98. The van der Waals surface area contributed by atoms with Crippen molar-refractivity contribution < 1.29 is 4.92 Å². The zero-order valence-electron chi connectivity index (χ0n) is 5.86. The van der Waals surface area contributed by atoms with Crippen LogP contribution in [0.5, 0.6) is 0 Å². The minimum absolute atomic E-state index is 0.162. The lowest BCUT2D eigenvalue weighted by Gasteiger charge is -1.95. The molecule has 1 aromatic rings. The molecule has 0 bridgehead atoms. The average molecular weight is 152 g/mol. The van der Waals surface area contributed by atoms with Crippen molar-refractivity contribution in [1.29, 1.82) is 0 Å². The Morgan fingerprint density at radius 1 is 1.55 bits per heavy atom. The summed E-state index contributed by atoms with van der Waals surface area (Å²) in [5, 5.41) is 10.0. The van der Waals surface area contributed by atoms with Crippen LogP contribution in [0.25, 0.3) is 0 Å². The summed E-state index contributed by atoms with van der Waals surface area (Å²) in [6.45, 7) is -0.162. The smallest absolute Gasteiger partial charge is 0.229 e. The fourth-order valence-electron chi connectivity index (χ4n) is 0.841. The van der Waals surface area contributed by atoms with Gasteiger partial charge in [-0.15, -0.1) is 0 Å². The fourth-order valence-corrected chi connectivity index (χ4v) is 0.841. The molecule has 11 heavy (non-hydrogen) atoms. The molecule has 0 radical (unpaired) electrons. The Balaban J connectivity index is 2.79. The summed E-state index contributed by atoms with van der Waals surface area (Å²) in [4.78, 5) is 9.66. The zero-order valence-corrected chi connectivity index (χ0v) is 5.86. The van der Waals surface area contributed by atoms with E-state index < -0.39 is 0 Å². The second-order valence-electron chi connectivity index (χ2n) is 2.24. The Morgan fingerprint density at radius 2 is 2.27 bits per heavy atom. The van der Waals surface area contributed by atoms with Crippen LogP contribution in [-0.4, -0.2) is 4.92 Å². The van der Waals surface area contributed by atoms with Crippen LogP contribution in [0, 0.1) is 10.1 Å². The standard InChI is InChI=1S/C7H8N2O2/c8-7-3-1-2-6(4-7)5-9(10)11/h1-4H,5,8H2. The van der Waals surface area contributed by atoms with Crippen LogP contribution in [-0.2, 0) is 6.54 Å². The highest BCUT2D eigenvalue weighted by Crippen LogP contribution is 2.06. The summed E-state index contributed by atoms with van der Waals surface area (Å²) in [5.41, 5.74) is 6.61. The van der Waals surface area contributed by atoms with Crippen molar-refractivity contribution in [2.75, 3.05) is 5.73 Å². The third-order valence-electron chi connectivity index (χ3n) is 1.26. The molecule has 0 fully saturated rings. The van der Waals surface area contributed by atoms with Crippen molar-refractivity contribution in [3.63, 3.8) is 0 Å². The molecule has 58 valence electrons. The molecule has 0 aromatic heterocycles. The van der Waals surface area contributed by atoms with Crippen molar-refractivity contribution in [2.45, 2.75) is 6.54 Å². The monoisotopic (exact) mass is 152 g/mol. The van der Waals surface area contributed by atoms with Crippen molar-refractivity contribution in [3.05, 3.63) is 39.9 Å². The Hall–Kier alpha value is -1.58. The number of hydrogen-bond acceptors (Lipinski definition) is 3. The minimum atomic E-state index is -0.380. The van der Waals surface area contributed by atoms with Gasteiger partial charge in [0.15, 0.2) is 0 Å². The number of nitrogen functional groups attached to an aromatic ring is 1. The first-order chi connectivity index (χ1) is 5.18. The fraction of sp³-hybridized carbons (Fsp3) is 0.143. The molecular formula is C7H8N2O2. The number of nitro groups is 1. The number of nitrogens with zero attached hydrogens (tertiary/aromatic N) is 1. The second kappa shape index (κ2) is 3.01. The molecule has 4 nitrogen and oxygen atoms in total. The van der Waals surface area contributed by atoms with Crippen molar-refractivity contribution in [1.82, 2.24) is 0 Å². The topological polar surface area (TPSA) is 69.2 Å². The lowest BCUT2D eigenvalue weighted by molar-refractivity contribution is -0.496. The predicted molar refractivity (Wildman–Crippen MR) is 41.6 cm³/mol. The highest BCUT2D eigenvalue weighted by atomic mass is 16.6. The van der Waals surface area contributed by atoms with Gasteiger partial charge in [0, 0.05) is 16.2 Å².